The number of benzene rings is 1. The number of pyridine rings is 1. The van der Waals surface area contributed by atoms with Crippen LogP contribution in [0.2, 0.25) is 0 Å². The Hall–Kier alpha value is -2.56. The highest BCUT2D eigenvalue weighted by atomic mass is 16.1. The van der Waals surface area contributed by atoms with Gasteiger partial charge in [0, 0.05) is 44.6 Å². The molecule has 138 valence electrons. The summed E-state index contributed by atoms with van der Waals surface area (Å²) in [4.78, 5) is 21.6. The van der Waals surface area contributed by atoms with E-state index in [9.17, 15) is 4.79 Å². The second-order valence-electron chi connectivity index (χ2n) is 6.59. The van der Waals surface area contributed by atoms with Gasteiger partial charge in [-0.15, -0.1) is 0 Å². The van der Waals surface area contributed by atoms with Gasteiger partial charge < -0.3 is 15.1 Å². The van der Waals surface area contributed by atoms with E-state index in [4.69, 9.17) is 0 Å². The third kappa shape index (κ3) is 4.54. The summed E-state index contributed by atoms with van der Waals surface area (Å²) in [7, 11) is 0. The molecule has 1 amide bonds. The largest absolute Gasteiger partial charge is 0.372 e. The standard InChI is InChI=1S/C21H28N4O/c1-2-24(18-10-4-3-5-11-18)17-9-14-23-21(26)19-12-8-13-22-20(19)25-15-6-7-16-25/h3-5,8,10-13H,2,6-7,9,14-17H2,1H3,(H,23,26). The normalized spacial score (nSPS) is 13.7. The van der Waals surface area contributed by atoms with Gasteiger partial charge in [0.25, 0.3) is 5.91 Å². The van der Waals surface area contributed by atoms with Gasteiger partial charge in [0.05, 0.1) is 5.56 Å². The van der Waals surface area contributed by atoms with Crippen LogP contribution < -0.4 is 15.1 Å². The average Bonchev–Trinajstić information content (AvgIpc) is 3.23. The zero-order valence-electron chi connectivity index (χ0n) is 15.5. The van der Waals surface area contributed by atoms with Crippen LogP contribution in [0.25, 0.3) is 0 Å². The number of aromatic nitrogens is 1. The molecule has 2 heterocycles. The van der Waals surface area contributed by atoms with Crippen LogP contribution >= 0.6 is 0 Å². The minimum absolute atomic E-state index is 0.0252. The summed E-state index contributed by atoms with van der Waals surface area (Å²) in [5.74, 6) is 0.796. The lowest BCUT2D eigenvalue weighted by Crippen LogP contribution is -2.31. The predicted octanol–water partition coefficient (Wildman–Crippen LogP) is 3.33. The second-order valence-corrected chi connectivity index (χ2v) is 6.59. The first-order chi connectivity index (χ1) is 12.8. The van der Waals surface area contributed by atoms with E-state index in [-0.39, 0.29) is 5.91 Å². The first-order valence-corrected chi connectivity index (χ1v) is 9.57. The summed E-state index contributed by atoms with van der Waals surface area (Å²) >= 11 is 0. The van der Waals surface area contributed by atoms with Gasteiger partial charge in [-0.05, 0) is 50.5 Å². The summed E-state index contributed by atoms with van der Waals surface area (Å²) in [6, 6.07) is 14.1. The van der Waals surface area contributed by atoms with Crippen molar-refractivity contribution >= 4 is 17.4 Å². The molecule has 26 heavy (non-hydrogen) atoms. The minimum atomic E-state index is -0.0252. The Bertz CT molecular complexity index is 698. The van der Waals surface area contributed by atoms with E-state index in [0.717, 1.165) is 38.4 Å². The molecule has 5 nitrogen and oxygen atoms in total. The number of nitrogens with one attached hydrogen (secondary N) is 1. The predicted molar refractivity (Wildman–Crippen MR) is 107 cm³/mol. The first-order valence-electron chi connectivity index (χ1n) is 9.57. The molecule has 2 aromatic rings. The van der Waals surface area contributed by atoms with E-state index in [1.54, 1.807) is 6.20 Å². The van der Waals surface area contributed by atoms with Crippen molar-refractivity contribution in [2.75, 3.05) is 42.5 Å². The molecule has 1 aliphatic heterocycles. The molecule has 0 aliphatic carbocycles. The molecule has 0 unspecified atom stereocenters. The number of carbonyl (C=O) groups excluding carboxylic acids is 1. The molecule has 0 radical (unpaired) electrons. The molecule has 0 bridgehead atoms. The molecule has 1 aromatic carbocycles. The quantitative estimate of drug-likeness (QED) is 0.741. The maximum atomic E-state index is 12.6. The van der Waals surface area contributed by atoms with Gasteiger partial charge in [-0.25, -0.2) is 4.98 Å². The van der Waals surface area contributed by atoms with Crippen LogP contribution in [0, 0.1) is 0 Å². The van der Waals surface area contributed by atoms with Crippen LogP contribution in [-0.2, 0) is 0 Å². The molecule has 0 spiro atoms. The Balaban J connectivity index is 1.51. The number of rotatable bonds is 8. The zero-order chi connectivity index (χ0) is 18.2. The summed E-state index contributed by atoms with van der Waals surface area (Å²) < 4.78 is 0. The smallest absolute Gasteiger partial charge is 0.255 e. The van der Waals surface area contributed by atoms with Crippen molar-refractivity contribution in [3.63, 3.8) is 0 Å². The molecule has 1 N–H and O–H groups in total. The van der Waals surface area contributed by atoms with Gasteiger partial charge in [-0.2, -0.15) is 0 Å². The van der Waals surface area contributed by atoms with Crippen molar-refractivity contribution < 1.29 is 4.79 Å². The fourth-order valence-electron chi connectivity index (χ4n) is 3.43. The molecule has 1 aromatic heterocycles. The Morgan fingerprint density at radius 2 is 1.92 bits per heavy atom. The van der Waals surface area contributed by atoms with Gasteiger partial charge >= 0.3 is 0 Å². The van der Waals surface area contributed by atoms with Gasteiger partial charge in [0.15, 0.2) is 0 Å². The van der Waals surface area contributed by atoms with Crippen LogP contribution in [0.5, 0.6) is 0 Å². The lowest BCUT2D eigenvalue weighted by atomic mass is 10.2. The molecular weight excluding hydrogens is 324 g/mol. The fourth-order valence-corrected chi connectivity index (χ4v) is 3.43. The number of para-hydroxylation sites is 1. The van der Waals surface area contributed by atoms with Crippen LogP contribution in [0.4, 0.5) is 11.5 Å². The van der Waals surface area contributed by atoms with Gasteiger partial charge in [0.1, 0.15) is 5.82 Å². The van der Waals surface area contributed by atoms with Crippen LogP contribution in [-0.4, -0.2) is 43.6 Å². The highest BCUT2D eigenvalue weighted by molar-refractivity contribution is 5.98. The van der Waals surface area contributed by atoms with Crippen LogP contribution in [0.3, 0.4) is 0 Å². The van der Waals surface area contributed by atoms with Gasteiger partial charge in [-0.3, -0.25) is 4.79 Å². The maximum absolute atomic E-state index is 12.6. The van der Waals surface area contributed by atoms with Crippen molar-refractivity contribution in [3.05, 3.63) is 54.2 Å². The second kappa shape index (κ2) is 9.22. The first kappa shape index (κ1) is 18.2. The molecule has 5 heteroatoms. The van der Waals surface area contributed by atoms with Gasteiger partial charge in [-0.1, -0.05) is 18.2 Å². The molecule has 1 fully saturated rings. The molecular formula is C21H28N4O. The number of carbonyl (C=O) groups is 1. The monoisotopic (exact) mass is 352 g/mol. The average molecular weight is 352 g/mol. The fraction of sp³-hybridized carbons (Fsp3) is 0.429. The van der Waals surface area contributed by atoms with Crippen molar-refractivity contribution in [2.45, 2.75) is 26.2 Å². The molecule has 0 atom stereocenters. The number of hydrogen-bond acceptors (Lipinski definition) is 4. The highest BCUT2D eigenvalue weighted by Gasteiger charge is 2.20. The Morgan fingerprint density at radius 1 is 1.15 bits per heavy atom. The van der Waals surface area contributed by atoms with E-state index < -0.39 is 0 Å². The SMILES string of the molecule is CCN(CCCNC(=O)c1cccnc1N1CCCC1)c1ccccc1. The maximum Gasteiger partial charge on any atom is 0.255 e. The number of nitrogens with zero attached hydrogens (tertiary/aromatic N) is 3. The Morgan fingerprint density at radius 3 is 2.65 bits per heavy atom. The van der Waals surface area contributed by atoms with Crippen LogP contribution in [0.15, 0.2) is 48.7 Å². The van der Waals surface area contributed by atoms with Crippen LogP contribution in [0.1, 0.15) is 36.5 Å². The highest BCUT2D eigenvalue weighted by Crippen LogP contribution is 2.21. The Kier molecular flexibility index (Phi) is 6.47. The number of anilines is 2. The van der Waals surface area contributed by atoms with E-state index in [1.165, 1.54) is 18.5 Å². The third-order valence-corrected chi connectivity index (χ3v) is 4.83. The third-order valence-electron chi connectivity index (χ3n) is 4.83. The summed E-state index contributed by atoms with van der Waals surface area (Å²) in [6.45, 7) is 6.67. The minimum Gasteiger partial charge on any atom is -0.372 e. The summed E-state index contributed by atoms with van der Waals surface area (Å²) in [5, 5.41) is 3.06. The molecule has 1 aliphatic rings. The van der Waals surface area contributed by atoms with Gasteiger partial charge in [0.2, 0.25) is 0 Å². The van der Waals surface area contributed by atoms with Crippen molar-refractivity contribution in [3.8, 4) is 0 Å². The molecule has 3 rings (SSSR count). The van der Waals surface area contributed by atoms with Crippen molar-refractivity contribution in [1.29, 1.82) is 0 Å². The molecule has 1 saturated heterocycles. The topological polar surface area (TPSA) is 48.5 Å². The molecule has 0 saturated carbocycles. The number of hydrogen-bond donors (Lipinski definition) is 1. The van der Waals surface area contributed by atoms with E-state index in [0.29, 0.717) is 12.1 Å². The van der Waals surface area contributed by atoms with Crippen molar-refractivity contribution in [1.82, 2.24) is 10.3 Å². The zero-order valence-corrected chi connectivity index (χ0v) is 15.5. The van der Waals surface area contributed by atoms with E-state index >= 15 is 0 Å². The number of amides is 1. The lowest BCUT2D eigenvalue weighted by molar-refractivity contribution is 0.0953. The Labute approximate surface area is 156 Å². The summed E-state index contributed by atoms with van der Waals surface area (Å²) in [6.07, 6.45) is 5.02. The van der Waals surface area contributed by atoms with E-state index in [1.807, 2.05) is 18.2 Å². The van der Waals surface area contributed by atoms with Crippen molar-refractivity contribution in [2.24, 2.45) is 0 Å². The lowest BCUT2D eigenvalue weighted by Gasteiger charge is -2.23. The van der Waals surface area contributed by atoms with E-state index in [2.05, 4.69) is 51.3 Å². The summed E-state index contributed by atoms with van der Waals surface area (Å²) in [5.41, 5.74) is 1.91.